The fraction of sp³-hybridized carbons (Fsp3) is 0.571. The summed E-state index contributed by atoms with van der Waals surface area (Å²) in [6.07, 6.45) is 3.74. The number of piperidine rings is 1. The Kier molecular flexibility index (Phi) is 6.54. The number of hydrogen-bond acceptors (Lipinski definition) is 3. The third-order valence-corrected chi connectivity index (χ3v) is 5.33. The number of benzene rings is 1. The van der Waals surface area contributed by atoms with E-state index in [9.17, 15) is 9.59 Å². The van der Waals surface area contributed by atoms with Crippen LogP contribution >= 0.6 is 0 Å². The van der Waals surface area contributed by atoms with E-state index in [1.165, 1.54) is 10.2 Å². The van der Waals surface area contributed by atoms with Gasteiger partial charge in [-0.25, -0.2) is 14.3 Å². The molecule has 1 fully saturated rings. The molecule has 1 N–H and O–H groups in total. The highest BCUT2D eigenvalue weighted by atomic mass is 16.2. The number of nitrogens with one attached hydrogen (secondary N) is 1. The molecule has 152 valence electrons. The van der Waals surface area contributed by atoms with Gasteiger partial charge in [-0.1, -0.05) is 30.3 Å². The highest BCUT2D eigenvalue weighted by Gasteiger charge is 2.29. The van der Waals surface area contributed by atoms with E-state index in [1.54, 1.807) is 11.6 Å². The van der Waals surface area contributed by atoms with Crippen molar-refractivity contribution in [3.8, 4) is 0 Å². The van der Waals surface area contributed by atoms with E-state index in [0.29, 0.717) is 13.1 Å². The summed E-state index contributed by atoms with van der Waals surface area (Å²) in [7, 11) is 1.69. The molecule has 0 saturated carbocycles. The summed E-state index contributed by atoms with van der Waals surface area (Å²) in [5, 5.41) is 7.51. The fourth-order valence-electron chi connectivity index (χ4n) is 3.88. The molecule has 7 nitrogen and oxygen atoms in total. The van der Waals surface area contributed by atoms with Crippen LogP contribution in [-0.4, -0.2) is 44.9 Å². The molecule has 0 bridgehead atoms. The maximum atomic E-state index is 12.6. The molecule has 0 radical (unpaired) electrons. The van der Waals surface area contributed by atoms with E-state index < -0.39 is 0 Å². The lowest BCUT2D eigenvalue weighted by atomic mass is 9.97. The van der Waals surface area contributed by atoms with Gasteiger partial charge in [-0.15, -0.1) is 0 Å². The number of likely N-dealkylation sites (tertiary alicyclic amines) is 1. The van der Waals surface area contributed by atoms with Crippen LogP contribution in [0.15, 0.2) is 35.1 Å². The van der Waals surface area contributed by atoms with Crippen LogP contribution in [0.2, 0.25) is 0 Å². The number of aromatic nitrogens is 3. The first-order valence-electron chi connectivity index (χ1n) is 10.2. The van der Waals surface area contributed by atoms with Crippen molar-refractivity contribution >= 4 is 6.03 Å². The van der Waals surface area contributed by atoms with Crippen molar-refractivity contribution in [2.75, 3.05) is 19.6 Å². The number of nitrogens with zero attached hydrogens (tertiary/aromatic N) is 4. The van der Waals surface area contributed by atoms with Gasteiger partial charge in [-0.3, -0.25) is 4.57 Å². The summed E-state index contributed by atoms with van der Waals surface area (Å²) in [5.74, 6) is 0.893. The average molecular weight is 386 g/mol. The quantitative estimate of drug-likeness (QED) is 0.777. The van der Waals surface area contributed by atoms with Gasteiger partial charge in [-0.05, 0) is 45.1 Å². The zero-order valence-electron chi connectivity index (χ0n) is 17.1. The molecular formula is C21H31N5O2. The highest BCUT2D eigenvalue weighted by Crippen LogP contribution is 2.26. The molecule has 1 saturated heterocycles. The predicted octanol–water partition coefficient (Wildman–Crippen LogP) is 2.68. The molecule has 1 aliphatic heterocycles. The third-order valence-electron chi connectivity index (χ3n) is 5.33. The topological polar surface area (TPSA) is 72.2 Å². The molecular weight excluding hydrogens is 354 g/mol. The van der Waals surface area contributed by atoms with Crippen molar-refractivity contribution in [1.82, 2.24) is 24.6 Å². The van der Waals surface area contributed by atoms with E-state index >= 15 is 0 Å². The van der Waals surface area contributed by atoms with Gasteiger partial charge in [-0.2, -0.15) is 5.10 Å². The van der Waals surface area contributed by atoms with Crippen molar-refractivity contribution < 1.29 is 4.79 Å². The molecule has 2 heterocycles. The van der Waals surface area contributed by atoms with Crippen molar-refractivity contribution in [3.05, 3.63) is 52.2 Å². The molecule has 7 heteroatoms. The Morgan fingerprint density at radius 3 is 2.75 bits per heavy atom. The Bertz CT molecular complexity index is 840. The fourth-order valence-corrected chi connectivity index (χ4v) is 3.88. The minimum atomic E-state index is -0.0903. The third kappa shape index (κ3) is 4.64. The van der Waals surface area contributed by atoms with Crippen LogP contribution in [0.3, 0.4) is 0 Å². The summed E-state index contributed by atoms with van der Waals surface area (Å²) in [6, 6.07) is 10.3. The number of carbonyl (C=O) groups excluding carboxylic acids is 1. The minimum Gasteiger partial charge on any atom is -0.338 e. The van der Waals surface area contributed by atoms with E-state index in [2.05, 4.69) is 22.5 Å². The molecule has 2 aromatic rings. The van der Waals surface area contributed by atoms with Gasteiger partial charge in [0, 0.05) is 38.6 Å². The Balaban J connectivity index is 1.55. The van der Waals surface area contributed by atoms with E-state index in [-0.39, 0.29) is 23.7 Å². The molecule has 1 aromatic carbocycles. The van der Waals surface area contributed by atoms with Crippen molar-refractivity contribution in [1.29, 1.82) is 0 Å². The Morgan fingerprint density at radius 1 is 1.29 bits per heavy atom. The summed E-state index contributed by atoms with van der Waals surface area (Å²) in [5.41, 5.74) is 1.20. The van der Waals surface area contributed by atoms with Crippen LogP contribution in [0.5, 0.6) is 0 Å². The van der Waals surface area contributed by atoms with Crippen LogP contribution in [0.1, 0.15) is 56.5 Å². The van der Waals surface area contributed by atoms with Gasteiger partial charge in [0.1, 0.15) is 5.82 Å². The first kappa shape index (κ1) is 20.2. The van der Waals surface area contributed by atoms with Crippen LogP contribution < -0.4 is 11.0 Å². The van der Waals surface area contributed by atoms with E-state index in [1.807, 2.05) is 36.9 Å². The zero-order chi connectivity index (χ0) is 20.1. The Hall–Kier alpha value is -2.57. The van der Waals surface area contributed by atoms with Crippen LogP contribution in [0.4, 0.5) is 4.79 Å². The number of hydrogen-bond donors (Lipinski definition) is 1. The van der Waals surface area contributed by atoms with Gasteiger partial charge in [0.2, 0.25) is 0 Å². The van der Waals surface area contributed by atoms with E-state index in [0.717, 1.165) is 38.1 Å². The highest BCUT2D eigenvalue weighted by molar-refractivity contribution is 5.74. The van der Waals surface area contributed by atoms with Crippen molar-refractivity contribution in [2.45, 2.75) is 51.5 Å². The van der Waals surface area contributed by atoms with Gasteiger partial charge >= 0.3 is 11.7 Å². The van der Waals surface area contributed by atoms with Crippen LogP contribution in [0.25, 0.3) is 0 Å². The lowest BCUT2D eigenvalue weighted by Crippen LogP contribution is -2.45. The summed E-state index contributed by atoms with van der Waals surface area (Å²) in [6.45, 7) is 6.00. The molecule has 3 rings (SSSR count). The van der Waals surface area contributed by atoms with Crippen molar-refractivity contribution in [3.63, 3.8) is 0 Å². The number of aryl methyl sites for hydroxylation is 2. The SMILES string of the molecule is CC(C)n1c(C2CCCN(C(=O)NCCCc3ccccc3)C2)nn(C)c1=O. The summed E-state index contributed by atoms with van der Waals surface area (Å²) in [4.78, 5) is 26.8. The maximum Gasteiger partial charge on any atom is 0.345 e. The second-order valence-electron chi connectivity index (χ2n) is 7.83. The molecule has 2 amide bonds. The second-order valence-corrected chi connectivity index (χ2v) is 7.83. The molecule has 1 aromatic heterocycles. The first-order chi connectivity index (χ1) is 13.5. The van der Waals surface area contributed by atoms with Crippen LogP contribution in [-0.2, 0) is 13.5 Å². The molecule has 0 aliphatic carbocycles. The number of carbonyl (C=O) groups is 1. The molecule has 1 unspecified atom stereocenters. The predicted molar refractivity (Wildman–Crippen MR) is 110 cm³/mol. The normalized spacial score (nSPS) is 17.1. The zero-order valence-corrected chi connectivity index (χ0v) is 17.1. The Labute approximate surface area is 166 Å². The van der Waals surface area contributed by atoms with E-state index in [4.69, 9.17) is 0 Å². The summed E-state index contributed by atoms with van der Waals surface area (Å²) < 4.78 is 3.16. The smallest absolute Gasteiger partial charge is 0.338 e. The standard InChI is InChI=1S/C21H31N5O2/c1-16(2)26-19(23-24(3)21(26)28)18-12-8-14-25(15-18)20(27)22-13-7-11-17-9-5-4-6-10-17/h4-6,9-10,16,18H,7-8,11-15H2,1-3H3,(H,22,27). The molecule has 1 aliphatic rings. The van der Waals surface area contributed by atoms with Gasteiger partial charge in [0.25, 0.3) is 0 Å². The monoisotopic (exact) mass is 385 g/mol. The number of amides is 2. The maximum absolute atomic E-state index is 12.6. The lowest BCUT2D eigenvalue weighted by Gasteiger charge is -2.32. The minimum absolute atomic E-state index is 0.0212. The molecule has 1 atom stereocenters. The lowest BCUT2D eigenvalue weighted by molar-refractivity contribution is 0.177. The van der Waals surface area contributed by atoms with Gasteiger partial charge in [0.15, 0.2) is 0 Å². The Morgan fingerprint density at radius 2 is 2.04 bits per heavy atom. The number of urea groups is 1. The molecule has 28 heavy (non-hydrogen) atoms. The van der Waals surface area contributed by atoms with Crippen molar-refractivity contribution in [2.24, 2.45) is 7.05 Å². The number of rotatable bonds is 6. The average Bonchev–Trinajstić information content (AvgIpc) is 3.01. The first-order valence-corrected chi connectivity index (χ1v) is 10.2. The molecule has 0 spiro atoms. The second kappa shape index (κ2) is 9.08. The largest absolute Gasteiger partial charge is 0.345 e. The van der Waals surface area contributed by atoms with Gasteiger partial charge in [0.05, 0.1) is 0 Å². The summed E-state index contributed by atoms with van der Waals surface area (Å²) >= 11 is 0. The van der Waals surface area contributed by atoms with Gasteiger partial charge < -0.3 is 10.2 Å². The van der Waals surface area contributed by atoms with Crippen LogP contribution in [0, 0.1) is 0 Å².